The largest absolute Gasteiger partial charge is 0.386 e. The van der Waals surface area contributed by atoms with Gasteiger partial charge in [0.2, 0.25) is 0 Å². The highest BCUT2D eigenvalue weighted by Gasteiger charge is 2.15. The van der Waals surface area contributed by atoms with Gasteiger partial charge in [0.1, 0.15) is 0 Å². The lowest BCUT2D eigenvalue weighted by atomic mass is 10.1. The summed E-state index contributed by atoms with van der Waals surface area (Å²) in [4.78, 5) is 0. The zero-order valence-corrected chi connectivity index (χ0v) is 7.02. The van der Waals surface area contributed by atoms with Gasteiger partial charge in [-0.15, -0.1) is 5.10 Å². The second-order valence-corrected chi connectivity index (χ2v) is 2.97. The summed E-state index contributed by atoms with van der Waals surface area (Å²) in [6.45, 7) is 3.91. The quantitative estimate of drug-likeness (QED) is 0.676. The number of aliphatic hydroxyl groups is 1. The lowest BCUT2D eigenvalue weighted by Crippen LogP contribution is -2.10. The van der Waals surface area contributed by atoms with Gasteiger partial charge in [-0.05, 0) is 5.92 Å². The number of aryl methyl sites for hydroxylation is 1. The maximum absolute atomic E-state index is 9.57. The first-order valence-electron chi connectivity index (χ1n) is 3.65. The molecule has 0 saturated heterocycles. The van der Waals surface area contributed by atoms with Crippen molar-refractivity contribution in [1.82, 2.24) is 15.0 Å². The summed E-state index contributed by atoms with van der Waals surface area (Å²) in [7, 11) is 1.77. The normalized spacial score (nSPS) is 13.9. The summed E-state index contributed by atoms with van der Waals surface area (Å²) in [5.74, 6) is 0.201. The van der Waals surface area contributed by atoms with Gasteiger partial charge in [0.25, 0.3) is 0 Å². The first-order valence-corrected chi connectivity index (χ1v) is 3.65. The number of aliphatic hydroxyl groups excluding tert-OH is 1. The second kappa shape index (κ2) is 3.00. The summed E-state index contributed by atoms with van der Waals surface area (Å²) in [6, 6.07) is 0. The van der Waals surface area contributed by atoms with Gasteiger partial charge in [0.15, 0.2) is 0 Å². The average Bonchev–Trinajstić information content (AvgIpc) is 2.33. The summed E-state index contributed by atoms with van der Waals surface area (Å²) in [6.07, 6.45) is 1.12. The number of aromatic nitrogens is 3. The zero-order valence-electron chi connectivity index (χ0n) is 7.02. The van der Waals surface area contributed by atoms with Crippen LogP contribution in [0.3, 0.4) is 0 Å². The SMILES string of the molecule is CC(C)C(O)c1cnnn1C. The zero-order chi connectivity index (χ0) is 8.43. The van der Waals surface area contributed by atoms with Crippen LogP contribution in [0, 0.1) is 5.92 Å². The van der Waals surface area contributed by atoms with Gasteiger partial charge in [-0.25, -0.2) is 4.68 Å². The Hall–Kier alpha value is -0.900. The van der Waals surface area contributed by atoms with Gasteiger partial charge in [-0.3, -0.25) is 0 Å². The van der Waals surface area contributed by atoms with Crippen molar-refractivity contribution in [2.75, 3.05) is 0 Å². The van der Waals surface area contributed by atoms with Crippen molar-refractivity contribution in [3.05, 3.63) is 11.9 Å². The van der Waals surface area contributed by atoms with Crippen molar-refractivity contribution in [3.8, 4) is 0 Å². The molecule has 1 aromatic rings. The molecule has 0 aliphatic heterocycles. The molecule has 1 heterocycles. The van der Waals surface area contributed by atoms with E-state index >= 15 is 0 Å². The van der Waals surface area contributed by atoms with Gasteiger partial charge in [0, 0.05) is 7.05 Å². The molecule has 11 heavy (non-hydrogen) atoms. The number of nitrogens with zero attached hydrogens (tertiary/aromatic N) is 3. The van der Waals surface area contributed by atoms with Gasteiger partial charge in [-0.2, -0.15) is 0 Å². The maximum Gasteiger partial charge on any atom is 0.0995 e. The van der Waals surface area contributed by atoms with E-state index < -0.39 is 6.10 Å². The summed E-state index contributed by atoms with van der Waals surface area (Å²) >= 11 is 0. The number of hydrogen-bond donors (Lipinski definition) is 1. The van der Waals surface area contributed by atoms with Crippen LogP contribution in [0.2, 0.25) is 0 Å². The number of rotatable bonds is 2. The molecule has 1 aromatic heterocycles. The molecular weight excluding hydrogens is 142 g/mol. The fourth-order valence-electron chi connectivity index (χ4n) is 0.907. The van der Waals surface area contributed by atoms with E-state index in [1.165, 1.54) is 0 Å². The molecule has 0 aromatic carbocycles. The molecule has 0 amide bonds. The molecule has 0 aliphatic carbocycles. The van der Waals surface area contributed by atoms with Crippen molar-refractivity contribution in [2.24, 2.45) is 13.0 Å². The van der Waals surface area contributed by atoms with Crippen molar-refractivity contribution in [3.63, 3.8) is 0 Å². The minimum Gasteiger partial charge on any atom is -0.386 e. The first kappa shape index (κ1) is 8.20. The maximum atomic E-state index is 9.57. The van der Waals surface area contributed by atoms with E-state index in [1.807, 2.05) is 13.8 Å². The van der Waals surface area contributed by atoms with Gasteiger partial charge >= 0.3 is 0 Å². The lowest BCUT2D eigenvalue weighted by Gasteiger charge is -2.12. The fourth-order valence-corrected chi connectivity index (χ4v) is 0.907. The molecule has 1 atom stereocenters. The van der Waals surface area contributed by atoms with Crippen molar-refractivity contribution in [2.45, 2.75) is 20.0 Å². The van der Waals surface area contributed by atoms with Crippen LogP contribution in [-0.4, -0.2) is 20.1 Å². The Bertz CT molecular complexity index is 231. The third-order valence-electron chi connectivity index (χ3n) is 1.68. The van der Waals surface area contributed by atoms with Crippen LogP contribution >= 0.6 is 0 Å². The molecule has 1 N–H and O–H groups in total. The van der Waals surface area contributed by atoms with Crippen LogP contribution in [0.1, 0.15) is 25.6 Å². The van der Waals surface area contributed by atoms with E-state index in [-0.39, 0.29) is 5.92 Å². The molecule has 0 saturated carbocycles. The Morgan fingerprint density at radius 1 is 1.55 bits per heavy atom. The Morgan fingerprint density at radius 2 is 2.18 bits per heavy atom. The Kier molecular flexibility index (Phi) is 2.24. The second-order valence-electron chi connectivity index (χ2n) is 2.97. The lowest BCUT2D eigenvalue weighted by molar-refractivity contribution is 0.118. The molecular formula is C7H13N3O. The van der Waals surface area contributed by atoms with Gasteiger partial charge in [0.05, 0.1) is 18.0 Å². The third-order valence-corrected chi connectivity index (χ3v) is 1.68. The first-order chi connectivity index (χ1) is 5.13. The van der Waals surface area contributed by atoms with Crippen molar-refractivity contribution >= 4 is 0 Å². The topological polar surface area (TPSA) is 50.9 Å². The van der Waals surface area contributed by atoms with Gasteiger partial charge < -0.3 is 5.11 Å². The Balaban J connectivity index is 2.84. The van der Waals surface area contributed by atoms with Crippen LogP contribution in [0.25, 0.3) is 0 Å². The van der Waals surface area contributed by atoms with E-state index in [4.69, 9.17) is 0 Å². The van der Waals surface area contributed by atoms with E-state index in [9.17, 15) is 5.11 Å². The summed E-state index contributed by atoms with van der Waals surface area (Å²) in [5.41, 5.74) is 0.764. The molecule has 0 fully saturated rings. The minimum atomic E-state index is -0.463. The molecule has 4 nitrogen and oxygen atoms in total. The van der Waals surface area contributed by atoms with Crippen LogP contribution in [0.4, 0.5) is 0 Å². The predicted octanol–water partition coefficient (Wildman–Crippen LogP) is 0.504. The van der Waals surface area contributed by atoms with E-state index in [0.717, 1.165) is 5.69 Å². The van der Waals surface area contributed by atoms with Crippen LogP contribution in [0.5, 0.6) is 0 Å². The van der Waals surface area contributed by atoms with Gasteiger partial charge in [-0.1, -0.05) is 19.1 Å². The predicted molar refractivity (Wildman–Crippen MR) is 40.8 cm³/mol. The fraction of sp³-hybridized carbons (Fsp3) is 0.714. The summed E-state index contributed by atoms with van der Waals surface area (Å²) < 4.78 is 1.59. The standard InChI is InChI=1S/C7H13N3O/c1-5(2)7(11)6-4-8-9-10(6)3/h4-5,7,11H,1-3H3. The highest BCUT2D eigenvalue weighted by atomic mass is 16.3. The van der Waals surface area contributed by atoms with E-state index in [0.29, 0.717) is 0 Å². The van der Waals surface area contributed by atoms with Crippen LogP contribution in [-0.2, 0) is 7.05 Å². The number of hydrogen-bond acceptors (Lipinski definition) is 3. The monoisotopic (exact) mass is 155 g/mol. The highest BCUT2D eigenvalue weighted by Crippen LogP contribution is 2.18. The molecule has 0 radical (unpaired) electrons. The average molecular weight is 155 g/mol. The molecule has 1 unspecified atom stereocenters. The molecule has 62 valence electrons. The molecule has 0 aliphatic rings. The third kappa shape index (κ3) is 1.57. The Morgan fingerprint density at radius 3 is 2.55 bits per heavy atom. The van der Waals surface area contributed by atoms with Crippen molar-refractivity contribution < 1.29 is 5.11 Å². The summed E-state index contributed by atoms with van der Waals surface area (Å²) in [5, 5.41) is 17.0. The molecule has 0 spiro atoms. The van der Waals surface area contributed by atoms with E-state index in [1.54, 1.807) is 17.9 Å². The molecule has 4 heteroatoms. The van der Waals surface area contributed by atoms with Crippen LogP contribution in [0.15, 0.2) is 6.20 Å². The van der Waals surface area contributed by atoms with Crippen LogP contribution < -0.4 is 0 Å². The Labute approximate surface area is 65.8 Å². The van der Waals surface area contributed by atoms with E-state index in [2.05, 4.69) is 10.3 Å². The van der Waals surface area contributed by atoms with Crippen molar-refractivity contribution in [1.29, 1.82) is 0 Å². The minimum absolute atomic E-state index is 0.201. The smallest absolute Gasteiger partial charge is 0.0995 e. The molecule has 0 bridgehead atoms. The highest BCUT2D eigenvalue weighted by molar-refractivity contribution is 4.98. The molecule has 1 rings (SSSR count).